The zero-order chi connectivity index (χ0) is 13.4. The van der Waals surface area contributed by atoms with Crippen LogP contribution in [0.5, 0.6) is 0 Å². The summed E-state index contributed by atoms with van der Waals surface area (Å²) in [4.78, 5) is 12.7. The maximum atomic E-state index is 13.5. The lowest BCUT2D eigenvalue weighted by Crippen LogP contribution is -2.53. The fraction of sp³-hybridized carbons (Fsp3) is 0.700. The molecule has 2 rings (SSSR count). The first-order valence-electron chi connectivity index (χ1n) is 5.61. The molecule has 2 aliphatic heterocycles. The summed E-state index contributed by atoms with van der Waals surface area (Å²) in [6, 6.07) is -0.941. The van der Waals surface area contributed by atoms with Crippen LogP contribution in [0.2, 0.25) is 0 Å². The van der Waals surface area contributed by atoms with Gasteiger partial charge in [-0.1, -0.05) is 4.48 Å². The van der Waals surface area contributed by atoms with Gasteiger partial charge in [0.05, 0.1) is 12.7 Å². The summed E-state index contributed by atoms with van der Waals surface area (Å²) < 4.78 is 18.8. The molecule has 0 aromatic rings. The van der Waals surface area contributed by atoms with Gasteiger partial charge in [-0.15, -0.1) is 5.12 Å². The van der Waals surface area contributed by atoms with Crippen LogP contribution in [0.25, 0.3) is 0 Å². The first-order valence-corrected chi connectivity index (χ1v) is 5.61. The molecule has 8 heteroatoms. The van der Waals surface area contributed by atoms with E-state index in [4.69, 9.17) is 15.6 Å². The third-order valence-electron chi connectivity index (χ3n) is 3.15. The van der Waals surface area contributed by atoms with Crippen LogP contribution in [0, 0.1) is 0 Å². The lowest BCUT2D eigenvalue weighted by Gasteiger charge is -2.34. The molecule has 2 aliphatic rings. The molecule has 0 radical (unpaired) electrons. The SMILES string of the molecule is CC1=CN([C@H]2C[C@H](O)[C@@H](CO)O2)C(=O)N(F)C1N. The maximum Gasteiger partial charge on any atom is 0.356 e. The standard InChI is InChI=1S/C10H16FN3O4/c1-5-3-13(10(17)14(11)9(5)12)8-2-6(16)7(4-15)18-8/h3,6-9,15-16H,2,4,12H2,1H3/t6-,7+,8+,9?/m0/s1. The van der Waals surface area contributed by atoms with E-state index in [1.54, 1.807) is 6.92 Å². The molecule has 2 amide bonds. The van der Waals surface area contributed by atoms with Gasteiger partial charge < -0.3 is 20.7 Å². The first-order chi connectivity index (χ1) is 8.45. The van der Waals surface area contributed by atoms with Crippen LogP contribution in [-0.4, -0.2) is 57.5 Å². The Kier molecular flexibility index (Phi) is 3.53. The van der Waals surface area contributed by atoms with Gasteiger partial charge in [-0.2, -0.15) is 0 Å². The van der Waals surface area contributed by atoms with Gasteiger partial charge in [-0.25, -0.2) is 4.79 Å². The average molecular weight is 261 g/mol. The number of rotatable bonds is 2. The number of nitrogens with two attached hydrogens (primary N) is 1. The van der Waals surface area contributed by atoms with E-state index >= 15 is 0 Å². The van der Waals surface area contributed by atoms with Crippen LogP contribution in [0.15, 0.2) is 11.8 Å². The van der Waals surface area contributed by atoms with Gasteiger partial charge in [0, 0.05) is 12.6 Å². The summed E-state index contributed by atoms with van der Waals surface area (Å²) in [5.74, 6) is 0. The Morgan fingerprint density at radius 2 is 2.33 bits per heavy atom. The molecule has 102 valence electrons. The zero-order valence-electron chi connectivity index (χ0n) is 9.86. The Morgan fingerprint density at radius 1 is 1.67 bits per heavy atom. The number of urea groups is 1. The molecule has 0 aromatic carbocycles. The molecule has 0 saturated carbocycles. The van der Waals surface area contributed by atoms with Crippen molar-refractivity contribution in [2.75, 3.05) is 6.61 Å². The van der Waals surface area contributed by atoms with Crippen LogP contribution in [0.3, 0.4) is 0 Å². The minimum atomic E-state index is -1.10. The maximum absolute atomic E-state index is 13.5. The number of hydrogen-bond acceptors (Lipinski definition) is 5. The van der Waals surface area contributed by atoms with Crippen molar-refractivity contribution in [3.05, 3.63) is 11.8 Å². The highest BCUT2D eigenvalue weighted by Crippen LogP contribution is 2.28. The molecule has 1 saturated heterocycles. The number of aliphatic hydroxyl groups is 2. The minimum absolute atomic E-state index is 0.0860. The second kappa shape index (κ2) is 4.81. The molecular weight excluding hydrogens is 245 g/mol. The van der Waals surface area contributed by atoms with E-state index in [0.717, 1.165) is 4.90 Å². The molecule has 7 nitrogen and oxygen atoms in total. The quantitative estimate of drug-likeness (QED) is 0.569. The first kappa shape index (κ1) is 13.2. The Bertz CT molecular complexity index is 378. The molecule has 0 spiro atoms. The molecular formula is C10H16FN3O4. The van der Waals surface area contributed by atoms with Crippen LogP contribution >= 0.6 is 0 Å². The highest BCUT2D eigenvalue weighted by atomic mass is 19.2. The number of halogens is 1. The van der Waals surface area contributed by atoms with Crippen molar-refractivity contribution in [3.8, 4) is 0 Å². The van der Waals surface area contributed by atoms with E-state index in [1.165, 1.54) is 6.20 Å². The molecule has 1 unspecified atom stereocenters. The van der Waals surface area contributed by atoms with Crippen molar-refractivity contribution < 1.29 is 24.2 Å². The van der Waals surface area contributed by atoms with E-state index < -0.39 is 30.6 Å². The summed E-state index contributed by atoms with van der Waals surface area (Å²) in [5, 5.41) is 18.5. The van der Waals surface area contributed by atoms with Gasteiger partial charge in [0.15, 0.2) is 0 Å². The van der Waals surface area contributed by atoms with E-state index in [9.17, 15) is 14.4 Å². The summed E-state index contributed by atoms with van der Waals surface area (Å²) >= 11 is 0. The monoisotopic (exact) mass is 261 g/mol. The Labute approximate surface area is 103 Å². The van der Waals surface area contributed by atoms with Crippen LogP contribution in [-0.2, 0) is 4.74 Å². The van der Waals surface area contributed by atoms with Gasteiger partial charge in [-0.05, 0) is 12.5 Å². The smallest absolute Gasteiger partial charge is 0.356 e. The lowest BCUT2D eigenvalue weighted by atomic mass is 10.1. The van der Waals surface area contributed by atoms with Crippen LogP contribution < -0.4 is 5.73 Å². The number of carbonyl (C=O) groups is 1. The zero-order valence-corrected chi connectivity index (χ0v) is 9.86. The van der Waals surface area contributed by atoms with Gasteiger partial charge in [-0.3, -0.25) is 4.90 Å². The third-order valence-corrected chi connectivity index (χ3v) is 3.15. The van der Waals surface area contributed by atoms with Gasteiger partial charge in [0.2, 0.25) is 0 Å². The lowest BCUT2D eigenvalue weighted by molar-refractivity contribution is -0.0716. The van der Waals surface area contributed by atoms with E-state index in [2.05, 4.69) is 0 Å². The topological polar surface area (TPSA) is 99.3 Å². The van der Waals surface area contributed by atoms with Crippen molar-refractivity contribution in [3.63, 3.8) is 0 Å². The van der Waals surface area contributed by atoms with Crippen LogP contribution in [0.1, 0.15) is 13.3 Å². The molecule has 4 N–H and O–H groups in total. The van der Waals surface area contributed by atoms with Crippen molar-refractivity contribution in [1.82, 2.24) is 10.0 Å². The number of hydrogen-bond donors (Lipinski definition) is 3. The second-order valence-corrected chi connectivity index (χ2v) is 4.43. The summed E-state index contributed by atoms with van der Waals surface area (Å²) in [7, 11) is 0. The van der Waals surface area contributed by atoms with Gasteiger partial charge >= 0.3 is 6.03 Å². The normalized spacial score (nSPS) is 37.2. The highest BCUT2D eigenvalue weighted by Gasteiger charge is 2.42. The molecule has 18 heavy (non-hydrogen) atoms. The van der Waals surface area contributed by atoms with Crippen LogP contribution in [0.4, 0.5) is 9.28 Å². The Hall–Kier alpha value is -1.22. The van der Waals surface area contributed by atoms with Crippen molar-refractivity contribution >= 4 is 6.03 Å². The van der Waals surface area contributed by atoms with Crippen molar-refractivity contribution in [2.45, 2.75) is 37.9 Å². The van der Waals surface area contributed by atoms with Crippen molar-refractivity contribution in [2.24, 2.45) is 5.73 Å². The third kappa shape index (κ3) is 2.07. The minimum Gasteiger partial charge on any atom is -0.394 e. The summed E-state index contributed by atoms with van der Waals surface area (Å²) in [6.45, 7) is 1.23. The van der Waals surface area contributed by atoms with E-state index in [0.29, 0.717) is 5.57 Å². The Morgan fingerprint density at radius 3 is 2.89 bits per heavy atom. The highest BCUT2D eigenvalue weighted by molar-refractivity contribution is 5.76. The average Bonchev–Trinajstić information content (AvgIpc) is 2.72. The summed E-state index contributed by atoms with van der Waals surface area (Å²) in [5.41, 5.74) is 5.92. The predicted molar refractivity (Wildman–Crippen MR) is 58.3 cm³/mol. The number of amides is 2. The number of nitrogens with zero attached hydrogens (tertiary/aromatic N) is 2. The van der Waals surface area contributed by atoms with E-state index in [-0.39, 0.29) is 18.1 Å². The molecule has 1 fully saturated rings. The van der Waals surface area contributed by atoms with E-state index in [1.807, 2.05) is 0 Å². The Balaban J connectivity index is 2.17. The number of ether oxygens (including phenoxy) is 1. The number of carbonyl (C=O) groups excluding carboxylic acids is 1. The second-order valence-electron chi connectivity index (χ2n) is 4.43. The molecule has 2 heterocycles. The molecule has 4 atom stereocenters. The molecule has 0 aliphatic carbocycles. The van der Waals surface area contributed by atoms with Crippen molar-refractivity contribution in [1.29, 1.82) is 0 Å². The van der Waals surface area contributed by atoms with Gasteiger partial charge in [0.1, 0.15) is 18.5 Å². The number of aliphatic hydroxyl groups excluding tert-OH is 2. The molecule has 0 aromatic heterocycles. The largest absolute Gasteiger partial charge is 0.394 e. The molecule has 0 bridgehead atoms. The summed E-state index contributed by atoms with van der Waals surface area (Å²) in [6.07, 6.45) is -2.03. The fourth-order valence-electron chi connectivity index (χ4n) is 2.02. The fourth-order valence-corrected chi connectivity index (χ4v) is 2.02. The van der Waals surface area contributed by atoms with Gasteiger partial charge in [0.25, 0.3) is 0 Å². The predicted octanol–water partition coefficient (Wildman–Crippen LogP) is -0.735.